The quantitative estimate of drug-likeness (QED) is 0.619. The zero-order chi connectivity index (χ0) is 21.3. The highest BCUT2D eigenvalue weighted by Crippen LogP contribution is 2.27. The van der Waals surface area contributed by atoms with E-state index in [1.807, 2.05) is 36.9 Å². The van der Waals surface area contributed by atoms with Gasteiger partial charge in [-0.05, 0) is 75.9 Å². The monoisotopic (exact) mass is 423 g/mol. The third kappa shape index (κ3) is 4.16. The molecule has 1 N–H and O–H groups in total. The minimum absolute atomic E-state index is 0.0565. The van der Waals surface area contributed by atoms with Crippen LogP contribution < -0.4 is 5.32 Å². The first-order valence-electron chi connectivity index (χ1n) is 10.2. The van der Waals surface area contributed by atoms with E-state index in [2.05, 4.69) is 17.2 Å². The number of furan rings is 1. The Hall–Kier alpha value is -2.93. The summed E-state index contributed by atoms with van der Waals surface area (Å²) in [6.07, 6.45) is 3.27. The van der Waals surface area contributed by atoms with E-state index in [1.54, 1.807) is 17.5 Å². The largest absolute Gasteiger partial charge is 0.459 e. The van der Waals surface area contributed by atoms with Crippen LogP contribution in [0, 0.1) is 13.8 Å². The second-order valence-electron chi connectivity index (χ2n) is 7.78. The topological polar surface area (TPSA) is 75.4 Å². The van der Waals surface area contributed by atoms with Crippen molar-refractivity contribution >= 4 is 28.8 Å². The summed E-state index contributed by atoms with van der Waals surface area (Å²) in [7, 11) is 0. The number of amides is 2. The van der Waals surface area contributed by atoms with Crippen LogP contribution >= 0.6 is 11.3 Å². The Labute approximate surface area is 179 Å². The van der Waals surface area contributed by atoms with Gasteiger partial charge in [0.15, 0.2) is 10.8 Å². The molecule has 0 saturated carbocycles. The highest BCUT2D eigenvalue weighted by atomic mass is 32.1. The van der Waals surface area contributed by atoms with Gasteiger partial charge in [-0.15, -0.1) is 11.3 Å². The van der Waals surface area contributed by atoms with Gasteiger partial charge in [-0.1, -0.05) is 0 Å². The summed E-state index contributed by atoms with van der Waals surface area (Å²) in [5.41, 5.74) is 2.51. The van der Waals surface area contributed by atoms with E-state index in [0.29, 0.717) is 27.7 Å². The Balaban J connectivity index is 1.46. The number of nitrogens with zero attached hydrogens (tertiary/aromatic N) is 2. The minimum Gasteiger partial charge on any atom is -0.459 e. The van der Waals surface area contributed by atoms with Crippen molar-refractivity contribution in [3.8, 4) is 10.8 Å². The maximum absolute atomic E-state index is 12.9. The third-order valence-electron chi connectivity index (χ3n) is 5.47. The molecule has 2 aromatic heterocycles. The fourth-order valence-electron chi connectivity index (χ4n) is 3.73. The molecular weight excluding hydrogens is 398 g/mol. The SMILES string of the molecule is Cc1ccc(-c2nc(C(=O)Nc3ccc(C(=O)N4CCCC[C@@H]4C)cc3C)cs2)o1. The van der Waals surface area contributed by atoms with Crippen molar-refractivity contribution in [2.24, 2.45) is 0 Å². The highest BCUT2D eigenvalue weighted by molar-refractivity contribution is 7.13. The van der Waals surface area contributed by atoms with Crippen LogP contribution in [0.4, 0.5) is 5.69 Å². The predicted octanol–water partition coefficient (Wildman–Crippen LogP) is 5.29. The molecule has 1 saturated heterocycles. The number of hydrogen-bond donors (Lipinski definition) is 1. The molecule has 3 heterocycles. The molecule has 6 nitrogen and oxygen atoms in total. The molecule has 4 rings (SSSR count). The van der Waals surface area contributed by atoms with Gasteiger partial charge in [-0.2, -0.15) is 0 Å². The lowest BCUT2D eigenvalue weighted by atomic mass is 10.0. The zero-order valence-corrected chi connectivity index (χ0v) is 18.2. The summed E-state index contributed by atoms with van der Waals surface area (Å²) in [5.74, 6) is 1.23. The van der Waals surface area contributed by atoms with Gasteiger partial charge in [-0.3, -0.25) is 9.59 Å². The molecule has 0 unspecified atom stereocenters. The Kier molecular flexibility index (Phi) is 5.72. The van der Waals surface area contributed by atoms with Gasteiger partial charge in [0.25, 0.3) is 11.8 Å². The van der Waals surface area contributed by atoms with Gasteiger partial charge in [0, 0.05) is 29.2 Å². The summed E-state index contributed by atoms with van der Waals surface area (Å²) in [6, 6.07) is 9.40. The summed E-state index contributed by atoms with van der Waals surface area (Å²) >= 11 is 1.37. The molecule has 1 atom stereocenters. The molecule has 1 aromatic carbocycles. The smallest absolute Gasteiger partial charge is 0.275 e. The molecule has 0 bridgehead atoms. The van der Waals surface area contributed by atoms with Gasteiger partial charge in [0.05, 0.1) is 0 Å². The maximum atomic E-state index is 12.9. The van der Waals surface area contributed by atoms with Crippen molar-refractivity contribution in [2.75, 3.05) is 11.9 Å². The van der Waals surface area contributed by atoms with Gasteiger partial charge in [0.1, 0.15) is 11.5 Å². The van der Waals surface area contributed by atoms with Crippen molar-refractivity contribution in [1.29, 1.82) is 0 Å². The summed E-state index contributed by atoms with van der Waals surface area (Å²) in [5, 5.41) is 5.28. The molecule has 0 spiro atoms. The third-order valence-corrected chi connectivity index (χ3v) is 6.33. The van der Waals surface area contributed by atoms with Crippen LogP contribution in [-0.4, -0.2) is 34.3 Å². The zero-order valence-electron chi connectivity index (χ0n) is 17.4. The Bertz CT molecular complexity index is 1090. The van der Waals surface area contributed by atoms with Crippen LogP contribution in [0.15, 0.2) is 40.1 Å². The number of hydrogen-bond acceptors (Lipinski definition) is 5. The lowest BCUT2D eigenvalue weighted by Gasteiger charge is -2.33. The molecule has 30 heavy (non-hydrogen) atoms. The van der Waals surface area contributed by atoms with Crippen LogP contribution in [0.2, 0.25) is 0 Å². The van der Waals surface area contributed by atoms with Crippen LogP contribution in [-0.2, 0) is 0 Å². The normalized spacial score (nSPS) is 16.5. The number of rotatable bonds is 4. The number of thiazole rings is 1. The molecule has 0 radical (unpaired) electrons. The van der Waals surface area contributed by atoms with Crippen molar-refractivity contribution in [1.82, 2.24) is 9.88 Å². The summed E-state index contributed by atoms with van der Waals surface area (Å²) in [4.78, 5) is 31.9. The molecular formula is C23H25N3O3S. The number of piperidine rings is 1. The maximum Gasteiger partial charge on any atom is 0.275 e. The average molecular weight is 424 g/mol. The number of aromatic nitrogens is 1. The molecule has 1 aliphatic rings. The van der Waals surface area contributed by atoms with Crippen molar-refractivity contribution in [3.63, 3.8) is 0 Å². The Morgan fingerprint density at radius 2 is 2.03 bits per heavy atom. The number of carbonyl (C=O) groups is 2. The molecule has 7 heteroatoms. The average Bonchev–Trinajstić information content (AvgIpc) is 3.38. The minimum atomic E-state index is -0.285. The first-order chi connectivity index (χ1) is 14.4. The fourth-order valence-corrected chi connectivity index (χ4v) is 4.49. The summed E-state index contributed by atoms with van der Waals surface area (Å²) < 4.78 is 5.57. The lowest BCUT2D eigenvalue weighted by molar-refractivity contribution is 0.0635. The van der Waals surface area contributed by atoms with E-state index in [-0.39, 0.29) is 17.9 Å². The van der Waals surface area contributed by atoms with E-state index in [0.717, 1.165) is 30.7 Å². The van der Waals surface area contributed by atoms with E-state index >= 15 is 0 Å². The van der Waals surface area contributed by atoms with Crippen molar-refractivity contribution in [2.45, 2.75) is 46.1 Å². The number of anilines is 1. The van der Waals surface area contributed by atoms with E-state index in [9.17, 15) is 9.59 Å². The molecule has 1 fully saturated rings. The Morgan fingerprint density at radius 3 is 2.73 bits per heavy atom. The first kappa shape index (κ1) is 20.3. The number of nitrogens with one attached hydrogen (secondary N) is 1. The molecule has 2 amide bonds. The van der Waals surface area contributed by atoms with Crippen LogP contribution in [0.5, 0.6) is 0 Å². The number of benzene rings is 1. The second-order valence-corrected chi connectivity index (χ2v) is 8.63. The molecule has 1 aliphatic heterocycles. The van der Waals surface area contributed by atoms with Crippen molar-refractivity contribution < 1.29 is 14.0 Å². The van der Waals surface area contributed by atoms with Crippen LogP contribution in [0.25, 0.3) is 10.8 Å². The molecule has 156 valence electrons. The van der Waals surface area contributed by atoms with Crippen molar-refractivity contribution in [3.05, 3.63) is 58.3 Å². The standard InChI is InChI=1S/C23H25N3O3S/c1-14-12-17(23(28)26-11-5-4-6-15(26)2)8-9-18(14)24-21(27)19-13-30-22(25-19)20-10-7-16(3)29-20/h7-10,12-13,15H,4-6,11H2,1-3H3,(H,24,27)/t15-/m0/s1. The number of likely N-dealkylation sites (tertiary alicyclic amines) is 1. The van der Waals surface area contributed by atoms with Crippen LogP contribution in [0.3, 0.4) is 0 Å². The predicted molar refractivity (Wildman–Crippen MR) is 118 cm³/mol. The second kappa shape index (κ2) is 8.44. The van der Waals surface area contributed by atoms with E-state index in [4.69, 9.17) is 4.42 Å². The van der Waals surface area contributed by atoms with Gasteiger partial charge < -0.3 is 14.6 Å². The molecule has 0 aliphatic carbocycles. The van der Waals surface area contributed by atoms with E-state index < -0.39 is 0 Å². The fraction of sp³-hybridized carbons (Fsp3) is 0.348. The first-order valence-corrected chi connectivity index (χ1v) is 11.1. The molecule has 3 aromatic rings. The van der Waals surface area contributed by atoms with Gasteiger partial charge >= 0.3 is 0 Å². The van der Waals surface area contributed by atoms with Crippen LogP contribution in [0.1, 0.15) is 58.4 Å². The number of aryl methyl sites for hydroxylation is 2. The van der Waals surface area contributed by atoms with Gasteiger partial charge in [0.2, 0.25) is 0 Å². The Morgan fingerprint density at radius 1 is 1.20 bits per heavy atom. The highest BCUT2D eigenvalue weighted by Gasteiger charge is 2.24. The van der Waals surface area contributed by atoms with E-state index in [1.165, 1.54) is 17.8 Å². The summed E-state index contributed by atoms with van der Waals surface area (Å²) in [6.45, 7) is 6.67. The van der Waals surface area contributed by atoms with Gasteiger partial charge in [-0.25, -0.2) is 4.98 Å². The lowest BCUT2D eigenvalue weighted by Crippen LogP contribution is -2.42. The number of carbonyl (C=O) groups excluding carboxylic acids is 2.